The Bertz CT molecular complexity index is 1990. The molecule has 13 heteroatoms. The molecule has 1 aliphatic carbocycles. The topological polar surface area (TPSA) is 117 Å². The molecule has 2 aliphatic rings. The zero-order chi connectivity index (χ0) is 34.4. The van der Waals surface area contributed by atoms with Gasteiger partial charge in [0.15, 0.2) is 0 Å². The minimum atomic E-state index is -4.55. The molecule has 2 fully saturated rings. The number of aliphatic carboxylic acids is 1. The van der Waals surface area contributed by atoms with E-state index in [1.54, 1.807) is 36.4 Å². The van der Waals surface area contributed by atoms with Gasteiger partial charge in [-0.3, -0.25) is 4.79 Å². The lowest BCUT2D eigenvalue weighted by atomic mass is 9.85. The van der Waals surface area contributed by atoms with Gasteiger partial charge in [0.25, 0.3) is 0 Å². The van der Waals surface area contributed by atoms with Gasteiger partial charge in [0.2, 0.25) is 15.9 Å². The minimum Gasteiger partial charge on any atom is -0.480 e. The Morgan fingerprint density at radius 1 is 1.02 bits per heavy atom. The van der Waals surface area contributed by atoms with E-state index in [1.165, 1.54) is 28.6 Å². The van der Waals surface area contributed by atoms with Gasteiger partial charge in [0.05, 0.1) is 21.7 Å². The lowest BCUT2D eigenvalue weighted by Crippen LogP contribution is -2.53. The van der Waals surface area contributed by atoms with Crippen LogP contribution in [0.1, 0.15) is 48.8 Å². The van der Waals surface area contributed by atoms with Crippen LogP contribution in [0, 0.1) is 12.8 Å². The molecule has 0 spiro atoms. The van der Waals surface area contributed by atoms with E-state index in [0.29, 0.717) is 29.3 Å². The van der Waals surface area contributed by atoms with Crippen molar-refractivity contribution in [3.05, 3.63) is 94.5 Å². The molecule has 252 valence electrons. The first kappa shape index (κ1) is 33.9. The number of hydrogen-bond acceptors (Lipinski definition) is 5. The van der Waals surface area contributed by atoms with Crippen LogP contribution in [0.15, 0.2) is 77.7 Å². The van der Waals surface area contributed by atoms with Crippen LogP contribution in [0.4, 0.5) is 13.2 Å². The number of fused-ring (bicyclic) bond motifs is 2. The smallest absolute Gasteiger partial charge is 0.416 e. The fraction of sp³-hybridized carbons (Fsp3) is 0.343. The summed E-state index contributed by atoms with van der Waals surface area (Å²) in [5, 5.41) is 13.4. The number of aryl methyl sites for hydroxylation is 1. The number of hydrogen-bond donors (Lipinski definition) is 2. The predicted octanol–water partition coefficient (Wildman–Crippen LogP) is 7.02. The molecule has 48 heavy (non-hydrogen) atoms. The summed E-state index contributed by atoms with van der Waals surface area (Å²) in [6.45, 7) is 1.85. The summed E-state index contributed by atoms with van der Waals surface area (Å²) >= 11 is 6.21. The molecule has 8 nitrogen and oxygen atoms in total. The zero-order valence-electron chi connectivity index (χ0n) is 25.9. The maximum Gasteiger partial charge on any atom is 0.416 e. The molecule has 1 aliphatic heterocycles. The van der Waals surface area contributed by atoms with Crippen molar-refractivity contribution in [3.63, 3.8) is 0 Å². The van der Waals surface area contributed by atoms with Crippen LogP contribution < -0.4 is 5.32 Å². The molecular weight excluding hydrogens is 667 g/mol. The third-order valence-corrected chi connectivity index (χ3v) is 11.6. The Morgan fingerprint density at radius 3 is 2.46 bits per heavy atom. The zero-order valence-corrected chi connectivity index (χ0v) is 27.4. The second-order valence-electron chi connectivity index (χ2n) is 12.5. The molecule has 2 N–H and O–H groups in total. The summed E-state index contributed by atoms with van der Waals surface area (Å²) in [5.74, 6) is -1.93. The number of nitrogens with one attached hydrogen (secondary N) is 1. The highest BCUT2D eigenvalue weighted by molar-refractivity contribution is 7.89. The third kappa shape index (κ3) is 6.79. The van der Waals surface area contributed by atoms with Gasteiger partial charge in [-0.25, -0.2) is 18.2 Å². The highest BCUT2D eigenvalue weighted by Gasteiger charge is 2.51. The standard InChI is InChI=1S/C35H33ClF3N3O5S/c1-20-6-11-25(12-7-20)48(46,47)42-31-5-3-2-4-23(31)18-32(42)33(43)41-30(34(44)45)17-21-8-14-28-22(16-21)9-15-29(40-28)26-19-24(35(37,38)39)10-13-27(26)36/h6-16,19,23,30-32H,2-5,17-18H2,1H3,(H,41,43)(H,44,45)/t23?,30?,31-,32?/m0/s1. The lowest BCUT2D eigenvalue weighted by molar-refractivity contribution is -0.142. The Labute approximate surface area is 281 Å². The number of carboxylic acid groups (broad SMARTS) is 1. The van der Waals surface area contributed by atoms with Crippen molar-refractivity contribution in [2.75, 3.05) is 0 Å². The van der Waals surface area contributed by atoms with Crippen molar-refractivity contribution in [3.8, 4) is 11.3 Å². The van der Waals surface area contributed by atoms with Crippen molar-refractivity contribution in [1.82, 2.24) is 14.6 Å². The minimum absolute atomic E-state index is 0.00157. The molecule has 1 aromatic heterocycles. The van der Waals surface area contributed by atoms with Crippen LogP contribution in [0.3, 0.4) is 0 Å². The first-order valence-electron chi connectivity index (χ1n) is 15.6. The number of carbonyl (C=O) groups is 2. The number of benzene rings is 3. The Morgan fingerprint density at radius 2 is 1.75 bits per heavy atom. The number of amides is 1. The SMILES string of the molecule is Cc1ccc(S(=O)(=O)N2C(C(=O)NC(Cc3ccc4nc(-c5cc(C(F)(F)F)ccc5Cl)ccc4c3)C(=O)O)CC3CCCC[C@@H]32)cc1. The maximum absolute atomic E-state index is 13.9. The van der Waals surface area contributed by atoms with E-state index in [2.05, 4.69) is 10.3 Å². The van der Waals surface area contributed by atoms with Gasteiger partial charge in [-0.05, 0) is 86.2 Å². The molecule has 4 atom stereocenters. The Balaban J connectivity index is 1.23. The maximum atomic E-state index is 13.9. The molecule has 6 rings (SSSR count). The van der Waals surface area contributed by atoms with E-state index in [9.17, 15) is 36.3 Å². The van der Waals surface area contributed by atoms with Crippen molar-refractivity contribution < 1.29 is 36.3 Å². The van der Waals surface area contributed by atoms with E-state index in [-0.39, 0.29) is 39.6 Å². The molecule has 4 aromatic rings. The molecule has 0 bridgehead atoms. The average Bonchev–Trinajstić information content (AvgIpc) is 3.45. The van der Waals surface area contributed by atoms with Gasteiger partial charge in [-0.1, -0.05) is 54.3 Å². The lowest BCUT2D eigenvalue weighted by Gasteiger charge is -2.33. The molecule has 2 heterocycles. The van der Waals surface area contributed by atoms with Gasteiger partial charge < -0.3 is 10.4 Å². The van der Waals surface area contributed by atoms with E-state index in [4.69, 9.17) is 11.6 Å². The number of nitrogens with zero attached hydrogens (tertiary/aromatic N) is 2. The number of halogens is 4. The summed E-state index contributed by atoms with van der Waals surface area (Å²) in [5.41, 5.74) is 1.42. The molecule has 3 unspecified atom stereocenters. The normalized spacial score (nSPS) is 20.7. The second kappa shape index (κ2) is 13.1. The van der Waals surface area contributed by atoms with E-state index in [1.807, 2.05) is 6.92 Å². The van der Waals surface area contributed by atoms with Gasteiger partial charge in [0, 0.05) is 28.4 Å². The monoisotopic (exact) mass is 699 g/mol. The van der Waals surface area contributed by atoms with Crippen LogP contribution in [-0.2, 0) is 32.2 Å². The highest BCUT2D eigenvalue weighted by atomic mass is 35.5. The van der Waals surface area contributed by atoms with Gasteiger partial charge in [-0.15, -0.1) is 0 Å². The van der Waals surface area contributed by atoms with E-state index < -0.39 is 45.7 Å². The highest BCUT2D eigenvalue weighted by Crippen LogP contribution is 2.43. The summed E-state index contributed by atoms with van der Waals surface area (Å²) in [6, 6.07) is 14.9. The van der Waals surface area contributed by atoms with Crippen LogP contribution in [0.25, 0.3) is 22.2 Å². The third-order valence-electron chi connectivity index (χ3n) is 9.31. The Hall–Kier alpha value is -4.00. The number of pyridine rings is 1. The quantitative estimate of drug-likeness (QED) is 0.204. The fourth-order valence-corrected chi connectivity index (χ4v) is 8.96. The molecule has 0 radical (unpaired) electrons. The number of sulfonamides is 1. The van der Waals surface area contributed by atoms with Crippen LogP contribution in [0.5, 0.6) is 0 Å². The van der Waals surface area contributed by atoms with E-state index in [0.717, 1.165) is 37.0 Å². The molecule has 1 saturated carbocycles. The number of rotatable bonds is 8. The number of carbonyl (C=O) groups excluding carboxylic acids is 1. The Kier molecular flexibility index (Phi) is 9.27. The fourth-order valence-electron chi connectivity index (χ4n) is 6.87. The first-order chi connectivity index (χ1) is 22.7. The van der Waals surface area contributed by atoms with Crippen LogP contribution >= 0.6 is 11.6 Å². The predicted molar refractivity (Wildman–Crippen MR) is 175 cm³/mol. The van der Waals surface area contributed by atoms with Crippen molar-refractivity contribution in [2.45, 2.75) is 74.6 Å². The largest absolute Gasteiger partial charge is 0.480 e. The molecule has 3 aromatic carbocycles. The van der Waals surface area contributed by atoms with Crippen LogP contribution in [0.2, 0.25) is 5.02 Å². The van der Waals surface area contributed by atoms with E-state index >= 15 is 0 Å². The van der Waals surface area contributed by atoms with Crippen molar-refractivity contribution in [2.24, 2.45) is 5.92 Å². The summed E-state index contributed by atoms with van der Waals surface area (Å²) in [6.07, 6.45) is -1.12. The van der Waals surface area contributed by atoms with Crippen molar-refractivity contribution in [1.29, 1.82) is 0 Å². The van der Waals surface area contributed by atoms with Gasteiger partial charge >= 0.3 is 12.1 Å². The molecular formula is C35H33ClF3N3O5S. The summed E-state index contributed by atoms with van der Waals surface area (Å²) in [7, 11) is -4.04. The number of carboxylic acids is 1. The summed E-state index contributed by atoms with van der Waals surface area (Å²) < 4.78 is 69.0. The summed E-state index contributed by atoms with van der Waals surface area (Å²) in [4.78, 5) is 30.7. The van der Waals surface area contributed by atoms with Crippen molar-refractivity contribution >= 4 is 44.4 Å². The second-order valence-corrected chi connectivity index (χ2v) is 14.8. The first-order valence-corrected chi connectivity index (χ1v) is 17.4. The molecule has 1 saturated heterocycles. The number of aromatic nitrogens is 1. The molecule has 1 amide bonds. The van der Waals surface area contributed by atoms with Gasteiger partial charge in [-0.2, -0.15) is 17.5 Å². The van der Waals surface area contributed by atoms with Gasteiger partial charge in [0.1, 0.15) is 12.1 Å². The van der Waals surface area contributed by atoms with Crippen LogP contribution in [-0.4, -0.2) is 52.8 Å². The average molecular weight is 700 g/mol. The number of alkyl halides is 3.